The van der Waals surface area contributed by atoms with Crippen LogP contribution in [0.5, 0.6) is 0 Å². The van der Waals surface area contributed by atoms with Gasteiger partial charge in [0.25, 0.3) is 5.56 Å². The van der Waals surface area contributed by atoms with Crippen molar-refractivity contribution in [1.29, 1.82) is 0 Å². The van der Waals surface area contributed by atoms with E-state index in [1.54, 1.807) is 24.1 Å². The fourth-order valence-electron chi connectivity index (χ4n) is 3.46. The Balaban J connectivity index is 1.65. The molecule has 30 heavy (non-hydrogen) atoms. The second-order valence-electron chi connectivity index (χ2n) is 6.80. The van der Waals surface area contributed by atoms with Crippen molar-refractivity contribution in [1.82, 2.24) is 39.3 Å². The van der Waals surface area contributed by atoms with Crippen LogP contribution in [0, 0.1) is 0 Å². The van der Waals surface area contributed by atoms with Crippen LogP contribution < -0.4 is 5.56 Å². The fraction of sp³-hybridized carbons (Fsp3) is 0.200. The molecule has 5 aromatic rings. The normalized spacial score (nSPS) is 11.5. The Morgan fingerprint density at radius 3 is 2.77 bits per heavy atom. The van der Waals surface area contributed by atoms with E-state index < -0.39 is 0 Å². The molecule has 10 nitrogen and oxygen atoms in total. The van der Waals surface area contributed by atoms with Gasteiger partial charge in [0.1, 0.15) is 6.33 Å². The molecule has 0 radical (unpaired) electrons. The van der Waals surface area contributed by atoms with Gasteiger partial charge in [0.2, 0.25) is 0 Å². The molecule has 0 amide bonds. The molecule has 4 heterocycles. The summed E-state index contributed by atoms with van der Waals surface area (Å²) in [6, 6.07) is 9.78. The number of hydrogen-bond donors (Lipinski definition) is 1. The van der Waals surface area contributed by atoms with E-state index >= 15 is 0 Å². The standard InChI is InChI=1S/C20H18N8O2/c1-30-10-15-16(13-5-3-2-4-6-13)18-25-24-17-19(28(18)26-15)23-12-27(20(17)29)8-7-14-9-21-11-22-14/h2-6,9,11-12H,7-8,10H2,1H3,(H,21,22). The Labute approximate surface area is 170 Å². The quantitative estimate of drug-likeness (QED) is 0.459. The number of hydrogen-bond acceptors (Lipinski definition) is 7. The van der Waals surface area contributed by atoms with Crippen LogP contribution in [0.3, 0.4) is 0 Å². The molecule has 5 rings (SSSR count). The number of aryl methyl sites for hydroxylation is 2. The molecule has 0 bridgehead atoms. The monoisotopic (exact) mass is 402 g/mol. The van der Waals surface area contributed by atoms with Gasteiger partial charge >= 0.3 is 0 Å². The van der Waals surface area contributed by atoms with Crippen molar-refractivity contribution in [2.45, 2.75) is 19.6 Å². The summed E-state index contributed by atoms with van der Waals surface area (Å²) in [5, 5.41) is 13.2. The highest BCUT2D eigenvalue weighted by Crippen LogP contribution is 2.28. The van der Waals surface area contributed by atoms with Crippen LogP contribution in [0.2, 0.25) is 0 Å². The van der Waals surface area contributed by atoms with Gasteiger partial charge in [-0.1, -0.05) is 30.3 Å². The number of rotatable bonds is 6. The largest absolute Gasteiger partial charge is 0.378 e. The van der Waals surface area contributed by atoms with E-state index in [-0.39, 0.29) is 11.1 Å². The van der Waals surface area contributed by atoms with Gasteiger partial charge in [-0.15, -0.1) is 10.2 Å². The highest BCUT2D eigenvalue weighted by molar-refractivity contribution is 5.83. The van der Waals surface area contributed by atoms with Gasteiger partial charge < -0.3 is 9.72 Å². The number of methoxy groups -OCH3 is 1. The second-order valence-corrected chi connectivity index (χ2v) is 6.80. The van der Waals surface area contributed by atoms with Crippen LogP contribution in [0.25, 0.3) is 27.9 Å². The molecule has 0 saturated carbocycles. The summed E-state index contributed by atoms with van der Waals surface area (Å²) in [7, 11) is 1.61. The van der Waals surface area contributed by atoms with E-state index in [2.05, 4.69) is 30.2 Å². The molecule has 1 aromatic carbocycles. The molecule has 0 spiro atoms. The maximum Gasteiger partial charge on any atom is 0.283 e. The van der Waals surface area contributed by atoms with Gasteiger partial charge in [-0.3, -0.25) is 9.36 Å². The summed E-state index contributed by atoms with van der Waals surface area (Å²) in [6.45, 7) is 0.753. The number of imidazole rings is 1. The van der Waals surface area contributed by atoms with Crippen LogP contribution in [0.15, 0.2) is 54.0 Å². The summed E-state index contributed by atoms with van der Waals surface area (Å²) in [6.07, 6.45) is 5.48. The Bertz CT molecular complexity index is 1370. The van der Waals surface area contributed by atoms with E-state index in [4.69, 9.17) is 4.74 Å². The molecule has 0 unspecified atom stereocenters. The Hall–Kier alpha value is -3.92. The van der Waals surface area contributed by atoms with Crippen molar-refractivity contribution in [3.8, 4) is 11.1 Å². The van der Waals surface area contributed by atoms with E-state index in [0.29, 0.717) is 36.6 Å². The van der Waals surface area contributed by atoms with Crippen LogP contribution in [0.4, 0.5) is 0 Å². The van der Waals surface area contributed by atoms with Crippen LogP contribution in [-0.2, 0) is 24.3 Å². The fourth-order valence-corrected chi connectivity index (χ4v) is 3.46. The lowest BCUT2D eigenvalue weighted by molar-refractivity contribution is 0.181. The smallest absolute Gasteiger partial charge is 0.283 e. The highest BCUT2D eigenvalue weighted by atomic mass is 16.5. The molecule has 0 aliphatic carbocycles. The molecule has 0 saturated heterocycles. The first-order valence-electron chi connectivity index (χ1n) is 9.41. The average Bonchev–Trinajstić information content (AvgIpc) is 3.42. The summed E-state index contributed by atoms with van der Waals surface area (Å²) >= 11 is 0. The first-order valence-corrected chi connectivity index (χ1v) is 9.41. The van der Waals surface area contributed by atoms with Crippen molar-refractivity contribution in [3.63, 3.8) is 0 Å². The second kappa shape index (κ2) is 7.48. The molecule has 0 fully saturated rings. The predicted octanol–water partition coefficient (Wildman–Crippen LogP) is 1.61. The van der Waals surface area contributed by atoms with Gasteiger partial charge in [-0.05, 0) is 5.56 Å². The molecule has 150 valence electrons. The number of H-pyrrole nitrogens is 1. The third kappa shape index (κ3) is 3.03. The van der Waals surface area contributed by atoms with E-state index in [9.17, 15) is 4.79 Å². The molecular formula is C20H18N8O2. The lowest BCUT2D eigenvalue weighted by Crippen LogP contribution is -2.24. The van der Waals surface area contributed by atoms with Gasteiger partial charge in [0.05, 0.1) is 24.2 Å². The summed E-state index contributed by atoms with van der Waals surface area (Å²) < 4.78 is 8.41. The third-order valence-corrected chi connectivity index (χ3v) is 4.89. The van der Waals surface area contributed by atoms with Crippen LogP contribution >= 0.6 is 0 Å². The zero-order chi connectivity index (χ0) is 20.5. The summed E-state index contributed by atoms with van der Waals surface area (Å²) in [5.41, 5.74) is 4.20. The van der Waals surface area contributed by atoms with Gasteiger partial charge in [-0.2, -0.15) is 9.61 Å². The lowest BCUT2D eigenvalue weighted by Gasteiger charge is -2.06. The van der Waals surface area contributed by atoms with E-state index in [1.165, 1.54) is 10.9 Å². The first-order chi connectivity index (χ1) is 14.8. The molecule has 4 aromatic heterocycles. The minimum atomic E-state index is -0.265. The summed E-state index contributed by atoms with van der Waals surface area (Å²) in [4.78, 5) is 24.4. The van der Waals surface area contributed by atoms with Gasteiger partial charge in [-0.25, -0.2) is 9.97 Å². The minimum Gasteiger partial charge on any atom is -0.378 e. The number of fused-ring (bicyclic) bond motifs is 3. The molecule has 0 aliphatic rings. The van der Waals surface area contributed by atoms with Crippen molar-refractivity contribution in [2.75, 3.05) is 7.11 Å². The SMILES string of the molecule is COCc1nn2c(nnc3c(=O)n(CCc4cnc[nH]4)cnc32)c1-c1ccccc1. The van der Waals surface area contributed by atoms with Crippen molar-refractivity contribution < 1.29 is 4.74 Å². The van der Waals surface area contributed by atoms with Gasteiger partial charge in [0, 0.05) is 32.0 Å². The Kier molecular flexibility index (Phi) is 4.52. The van der Waals surface area contributed by atoms with E-state index in [0.717, 1.165) is 16.8 Å². The number of aromatic amines is 1. The predicted molar refractivity (Wildman–Crippen MR) is 109 cm³/mol. The van der Waals surface area contributed by atoms with Gasteiger partial charge in [0.15, 0.2) is 16.8 Å². The topological polar surface area (TPSA) is 116 Å². The number of aromatic nitrogens is 8. The maximum absolute atomic E-state index is 12.9. The van der Waals surface area contributed by atoms with Crippen LogP contribution in [-0.4, -0.2) is 46.4 Å². The minimum absolute atomic E-state index is 0.167. The molecule has 0 atom stereocenters. The Morgan fingerprint density at radius 2 is 2.00 bits per heavy atom. The van der Waals surface area contributed by atoms with Crippen molar-refractivity contribution in [3.05, 3.63) is 70.9 Å². The third-order valence-electron chi connectivity index (χ3n) is 4.89. The number of nitrogens with one attached hydrogen (secondary N) is 1. The lowest BCUT2D eigenvalue weighted by atomic mass is 10.1. The Morgan fingerprint density at radius 1 is 1.13 bits per heavy atom. The number of benzene rings is 1. The molecule has 1 N–H and O–H groups in total. The molecular weight excluding hydrogens is 384 g/mol. The highest BCUT2D eigenvalue weighted by Gasteiger charge is 2.20. The zero-order valence-electron chi connectivity index (χ0n) is 16.2. The average molecular weight is 402 g/mol. The first kappa shape index (κ1) is 18.1. The van der Waals surface area contributed by atoms with E-state index in [1.807, 2.05) is 30.3 Å². The molecule has 0 aliphatic heterocycles. The zero-order valence-corrected chi connectivity index (χ0v) is 16.2. The number of ether oxygens (including phenoxy) is 1. The molecule has 10 heteroatoms. The van der Waals surface area contributed by atoms with Crippen molar-refractivity contribution >= 4 is 16.8 Å². The maximum atomic E-state index is 12.9. The number of nitrogens with zero attached hydrogens (tertiary/aromatic N) is 7. The van der Waals surface area contributed by atoms with Crippen molar-refractivity contribution in [2.24, 2.45) is 0 Å². The summed E-state index contributed by atoms with van der Waals surface area (Å²) in [5.74, 6) is 0. The van der Waals surface area contributed by atoms with Crippen LogP contribution in [0.1, 0.15) is 11.4 Å².